The monoisotopic (exact) mass is 237 g/mol. The number of thioether (sulfide) groups is 1. The van der Waals surface area contributed by atoms with Gasteiger partial charge in [0, 0.05) is 23.5 Å². The lowest BCUT2D eigenvalue weighted by molar-refractivity contribution is 0.737. The van der Waals surface area contributed by atoms with Crippen LogP contribution in [0.15, 0.2) is 29.6 Å². The molecule has 0 bridgehead atoms. The van der Waals surface area contributed by atoms with E-state index in [9.17, 15) is 0 Å². The zero-order chi connectivity index (χ0) is 10.5. The molecule has 0 aliphatic heterocycles. The summed E-state index contributed by atoms with van der Waals surface area (Å²) in [6, 6.07) is 8.60. The molecule has 1 aromatic carbocycles. The van der Waals surface area contributed by atoms with Crippen LogP contribution in [0.3, 0.4) is 0 Å². The molecule has 1 aromatic heterocycles. The van der Waals surface area contributed by atoms with Gasteiger partial charge in [0.25, 0.3) is 0 Å². The zero-order valence-corrected chi connectivity index (χ0v) is 10.5. The molecule has 0 aliphatic rings. The molecule has 0 spiro atoms. The van der Waals surface area contributed by atoms with Gasteiger partial charge in [-0.05, 0) is 28.7 Å². The quantitative estimate of drug-likeness (QED) is 0.800. The summed E-state index contributed by atoms with van der Waals surface area (Å²) in [5.41, 5.74) is 1.43. The van der Waals surface area contributed by atoms with Crippen LogP contribution in [0.25, 0.3) is 10.1 Å². The number of thiophene rings is 1. The van der Waals surface area contributed by atoms with E-state index >= 15 is 0 Å². The second-order valence-corrected chi connectivity index (χ2v) is 5.32. The van der Waals surface area contributed by atoms with Gasteiger partial charge in [-0.25, -0.2) is 0 Å². The summed E-state index contributed by atoms with van der Waals surface area (Å²) in [4.78, 5) is 0. The Morgan fingerprint density at radius 1 is 1.33 bits per heavy atom. The van der Waals surface area contributed by atoms with Crippen LogP contribution in [0.1, 0.15) is 5.56 Å². The van der Waals surface area contributed by atoms with Crippen LogP contribution in [0.5, 0.6) is 0 Å². The second-order valence-electron chi connectivity index (χ2n) is 3.43. The van der Waals surface area contributed by atoms with Crippen LogP contribution < -0.4 is 5.32 Å². The molecular weight excluding hydrogens is 222 g/mol. The fourth-order valence-electron chi connectivity index (χ4n) is 1.57. The number of hydrogen-bond acceptors (Lipinski definition) is 3. The summed E-state index contributed by atoms with van der Waals surface area (Å²) < 4.78 is 1.39. The minimum atomic E-state index is 0.991. The molecule has 1 heterocycles. The maximum Gasteiger partial charge on any atom is 0.0346 e. The molecule has 0 fully saturated rings. The topological polar surface area (TPSA) is 12.0 Å². The van der Waals surface area contributed by atoms with Crippen molar-refractivity contribution < 1.29 is 0 Å². The van der Waals surface area contributed by atoms with E-state index in [1.54, 1.807) is 0 Å². The van der Waals surface area contributed by atoms with Gasteiger partial charge in [-0.2, -0.15) is 11.8 Å². The van der Waals surface area contributed by atoms with Crippen LogP contribution in [0, 0.1) is 0 Å². The predicted molar refractivity (Wildman–Crippen MR) is 71.9 cm³/mol. The summed E-state index contributed by atoms with van der Waals surface area (Å²) in [5.74, 6) is 1.18. The first-order chi connectivity index (χ1) is 7.42. The Morgan fingerprint density at radius 3 is 3.07 bits per heavy atom. The Morgan fingerprint density at radius 2 is 2.20 bits per heavy atom. The summed E-state index contributed by atoms with van der Waals surface area (Å²) >= 11 is 3.72. The van der Waals surface area contributed by atoms with E-state index in [1.807, 2.05) is 23.1 Å². The highest BCUT2D eigenvalue weighted by atomic mass is 32.2. The first-order valence-corrected chi connectivity index (χ1v) is 7.34. The summed E-state index contributed by atoms with van der Waals surface area (Å²) in [7, 11) is 0. The third-order valence-corrected chi connectivity index (χ3v) is 3.98. The molecule has 0 aliphatic carbocycles. The lowest BCUT2D eigenvalue weighted by Crippen LogP contribution is -2.15. The first kappa shape index (κ1) is 11.0. The minimum Gasteiger partial charge on any atom is -0.312 e. The summed E-state index contributed by atoms with van der Waals surface area (Å²) in [5, 5.41) is 7.13. The van der Waals surface area contributed by atoms with Gasteiger partial charge in [0.05, 0.1) is 0 Å². The van der Waals surface area contributed by atoms with Crippen LogP contribution in [0.2, 0.25) is 0 Å². The van der Waals surface area contributed by atoms with Crippen molar-refractivity contribution >= 4 is 33.2 Å². The molecule has 1 nitrogen and oxygen atoms in total. The van der Waals surface area contributed by atoms with E-state index in [1.165, 1.54) is 21.4 Å². The van der Waals surface area contributed by atoms with E-state index < -0.39 is 0 Å². The van der Waals surface area contributed by atoms with Gasteiger partial charge in [0.2, 0.25) is 0 Å². The molecule has 0 unspecified atom stereocenters. The van der Waals surface area contributed by atoms with E-state index in [2.05, 4.69) is 41.2 Å². The fraction of sp³-hybridized carbons (Fsp3) is 0.333. The Hall–Kier alpha value is -0.510. The largest absolute Gasteiger partial charge is 0.312 e. The van der Waals surface area contributed by atoms with Crippen molar-refractivity contribution in [2.24, 2.45) is 0 Å². The molecule has 0 amide bonds. The highest BCUT2D eigenvalue weighted by Gasteiger charge is 2.01. The van der Waals surface area contributed by atoms with Crippen molar-refractivity contribution in [3.8, 4) is 0 Å². The number of rotatable bonds is 5. The molecule has 0 saturated heterocycles. The molecule has 0 radical (unpaired) electrons. The molecule has 1 N–H and O–H groups in total. The van der Waals surface area contributed by atoms with Crippen LogP contribution in [-0.2, 0) is 6.54 Å². The lowest BCUT2D eigenvalue weighted by Gasteiger charge is -2.02. The molecule has 0 atom stereocenters. The lowest BCUT2D eigenvalue weighted by atomic mass is 10.2. The van der Waals surface area contributed by atoms with Crippen molar-refractivity contribution in [1.29, 1.82) is 0 Å². The van der Waals surface area contributed by atoms with Crippen molar-refractivity contribution in [1.82, 2.24) is 5.32 Å². The Labute approximate surface area is 98.9 Å². The molecular formula is C12H15NS2. The number of fused-ring (bicyclic) bond motifs is 1. The van der Waals surface area contributed by atoms with E-state index in [4.69, 9.17) is 0 Å². The van der Waals surface area contributed by atoms with E-state index in [0.717, 1.165) is 13.1 Å². The number of hydrogen-bond donors (Lipinski definition) is 1. The van der Waals surface area contributed by atoms with Crippen molar-refractivity contribution in [2.45, 2.75) is 6.54 Å². The Balaban J connectivity index is 2.02. The third-order valence-electron chi connectivity index (χ3n) is 2.36. The smallest absolute Gasteiger partial charge is 0.0346 e. The zero-order valence-electron chi connectivity index (χ0n) is 8.82. The van der Waals surface area contributed by atoms with Gasteiger partial charge in [0.15, 0.2) is 0 Å². The van der Waals surface area contributed by atoms with Gasteiger partial charge < -0.3 is 5.32 Å². The Kier molecular flexibility index (Phi) is 4.06. The average Bonchev–Trinajstić information content (AvgIpc) is 2.68. The summed E-state index contributed by atoms with van der Waals surface area (Å²) in [6.45, 7) is 2.08. The number of nitrogens with one attached hydrogen (secondary N) is 1. The normalized spacial score (nSPS) is 11.0. The van der Waals surface area contributed by atoms with Gasteiger partial charge in [-0.3, -0.25) is 0 Å². The van der Waals surface area contributed by atoms with Crippen LogP contribution in [0.4, 0.5) is 0 Å². The van der Waals surface area contributed by atoms with E-state index in [0.29, 0.717) is 0 Å². The molecule has 0 saturated carbocycles. The van der Waals surface area contributed by atoms with Gasteiger partial charge in [-0.1, -0.05) is 18.2 Å². The highest BCUT2D eigenvalue weighted by molar-refractivity contribution is 7.98. The van der Waals surface area contributed by atoms with Crippen LogP contribution in [-0.4, -0.2) is 18.6 Å². The maximum absolute atomic E-state index is 3.47. The second kappa shape index (κ2) is 5.54. The molecule has 2 aromatic rings. The average molecular weight is 237 g/mol. The van der Waals surface area contributed by atoms with Crippen molar-refractivity contribution in [3.05, 3.63) is 35.2 Å². The van der Waals surface area contributed by atoms with E-state index in [-0.39, 0.29) is 0 Å². The Bertz CT molecular complexity index is 422. The van der Waals surface area contributed by atoms with Gasteiger partial charge in [0.1, 0.15) is 0 Å². The van der Waals surface area contributed by atoms with Crippen LogP contribution >= 0.6 is 23.1 Å². The molecule has 15 heavy (non-hydrogen) atoms. The standard InChI is InChI=1S/C12H15NS2/c1-14-7-6-13-8-10-9-15-12-5-3-2-4-11(10)12/h2-5,9,13H,6-8H2,1H3. The SMILES string of the molecule is CSCCNCc1csc2ccccc12. The fourth-order valence-corrected chi connectivity index (χ4v) is 2.88. The maximum atomic E-state index is 3.47. The first-order valence-electron chi connectivity index (χ1n) is 5.06. The molecule has 3 heteroatoms. The highest BCUT2D eigenvalue weighted by Crippen LogP contribution is 2.25. The van der Waals surface area contributed by atoms with Gasteiger partial charge in [-0.15, -0.1) is 11.3 Å². The minimum absolute atomic E-state index is 0.991. The van der Waals surface area contributed by atoms with Crippen molar-refractivity contribution in [2.75, 3.05) is 18.6 Å². The van der Waals surface area contributed by atoms with Crippen molar-refractivity contribution in [3.63, 3.8) is 0 Å². The number of benzene rings is 1. The summed E-state index contributed by atoms with van der Waals surface area (Å²) in [6.07, 6.45) is 2.14. The van der Waals surface area contributed by atoms with Gasteiger partial charge >= 0.3 is 0 Å². The molecule has 2 rings (SSSR count). The predicted octanol–water partition coefficient (Wildman–Crippen LogP) is 3.35. The third kappa shape index (κ3) is 2.74. The molecule has 80 valence electrons.